The number of hydrogen-bond acceptors (Lipinski definition) is 4. The minimum atomic E-state index is -0.981. The Labute approximate surface area is 139 Å². The van der Waals surface area contributed by atoms with Crippen LogP contribution < -0.4 is 0 Å². The Morgan fingerprint density at radius 3 is 2.46 bits per heavy atom. The third kappa shape index (κ3) is 3.62. The highest BCUT2D eigenvalue weighted by Gasteiger charge is 2.15. The van der Waals surface area contributed by atoms with E-state index in [1.807, 2.05) is 0 Å². The molecule has 0 aliphatic carbocycles. The van der Waals surface area contributed by atoms with E-state index < -0.39 is 17.6 Å². The number of nitrogens with zero attached hydrogens (tertiary/aromatic N) is 1. The molecule has 0 atom stereocenters. The molecule has 3 nitrogen and oxygen atoms in total. The monoisotopic (exact) mass is 349 g/mol. The van der Waals surface area contributed by atoms with Crippen molar-refractivity contribution in [3.05, 3.63) is 76.6 Å². The Kier molecular flexibility index (Phi) is 4.61. The molecule has 0 fully saturated rings. The quantitative estimate of drug-likeness (QED) is 0.647. The normalized spacial score (nSPS) is 10.6. The Morgan fingerprint density at radius 2 is 1.75 bits per heavy atom. The van der Waals surface area contributed by atoms with Crippen LogP contribution in [-0.4, -0.2) is 11.0 Å². The van der Waals surface area contributed by atoms with Gasteiger partial charge in [-0.15, -0.1) is 11.3 Å². The molecule has 0 N–H and O–H groups in total. The van der Waals surface area contributed by atoms with Crippen LogP contribution in [0, 0.1) is 17.5 Å². The summed E-state index contributed by atoms with van der Waals surface area (Å²) in [5.41, 5.74) is 0.879. The summed E-state index contributed by atoms with van der Waals surface area (Å²) in [7, 11) is 0. The van der Waals surface area contributed by atoms with Gasteiger partial charge in [0, 0.05) is 17.0 Å². The van der Waals surface area contributed by atoms with Crippen molar-refractivity contribution in [3.63, 3.8) is 0 Å². The summed E-state index contributed by atoms with van der Waals surface area (Å²) >= 11 is 1.31. The Balaban J connectivity index is 1.67. The molecule has 24 heavy (non-hydrogen) atoms. The minimum absolute atomic E-state index is 0.145. The molecule has 0 saturated carbocycles. The van der Waals surface area contributed by atoms with Gasteiger partial charge in [-0.2, -0.15) is 0 Å². The number of carbonyl (C=O) groups excluding carboxylic acids is 1. The van der Waals surface area contributed by atoms with Gasteiger partial charge in [0.15, 0.2) is 0 Å². The summed E-state index contributed by atoms with van der Waals surface area (Å²) in [5, 5.41) is 2.33. The highest BCUT2D eigenvalue weighted by Crippen LogP contribution is 2.24. The molecule has 3 aromatic rings. The largest absolute Gasteiger partial charge is 0.455 e. The summed E-state index contributed by atoms with van der Waals surface area (Å²) < 4.78 is 44.2. The van der Waals surface area contributed by atoms with Crippen molar-refractivity contribution in [2.75, 3.05) is 0 Å². The van der Waals surface area contributed by atoms with E-state index in [4.69, 9.17) is 4.74 Å². The van der Waals surface area contributed by atoms with Crippen molar-refractivity contribution < 1.29 is 22.7 Å². The summed E-state index contributed by atoms with van der Waals surface area (Å²) in [6.07, 6.45) is 0. The van der Waals surface area contributed by atoms with Gasteiger partial charge in [0.2, 0.25) is 0 Å². The molecular formula is C17H10F3NO2S. The number of carbonyl (C=O) groups is 1. The smallest absolute Gasteiger partial charge is 0.341 e. The van der Waals surface area contributed by atoms with Crippen LogP contribution in [0.1, 0.15) is 16.1 Å². The van der Waals surface area contributed by atoms with E-state index >= 15 is 0 Å². The predicted octanol–water partition coefficient (Wildman–Crippen LogP) is 4.58. The van der Waals surface area contributed by atoms with E-state index in [9.17, 15) is 18.0 Å². The molecule has 3 rings (SSSR count). The van der Waals surface area contributed by atoms with Gasteiger partial charge in [-0.05, 0) is 36.4 Å². The van der Waals surface area contributed by atoms with E-state index in [1.54, 1.807) is 17.5 Å². The molecule has 1 heterocycles. The number of aromatic nitrogens is 1. The van der Waals surface area contributed by atoms with Crippen LogP contribution in [-0.2, 0) is 11.3 Å². The summed E-state index contributed by atoms with van der Waals surface area (Å²) in [6.45, 7) is -0.145. The second kappa shape index (κ2) is 6.84. The van der Waals surface area contributed by atoms with Gasteiger partial charge in [-0.3, -0.25) is 0 Å². The molecule has 0 unspecified atom stereocenters. The van der Waals surface area contributed by atoms with Gasteiger partial charge >= 0.3 is 5.97 Å². The first kappa shape index (κ1) is 16.2. The van der Waals surface area contributed by atoms with E-state index in [2.05, 4.69) is 4.98 Å². The molecule has 0 bridgehead atoms. The fraction of sp³-hybridized carbons (Fsp3) is 0.0588. The predicted molar refractivity (Wildman–Crippen MR) is 83.0 cm³/mol. The van der Waals surface area contributed by atoms with Crippen molar-refractivity contribution in [1.82, 2.24) is 4.98 Å². The lowest BCUT2D eigenvalue weighted by molar-refractivity contribution is 0.0463. The molecule has 0 radical (unpaired) electrons. The molecule has 0 amide bonds. The van der Waals surface area contributed by atoms with Crippen LogP contribution in [0.3, 0.4) is 0 Å². The molecule has 0 aliphatic heterocycles. The molecule has 122 valence electrons. The Hall–Kier alpha value is -2.67. The number of hydrogen-bond donors (Lipinski definition) is 0. The average molecular weight is 349 g/mol. The number of rotatable bonds is 4. The highest BCUT2D eigenvalue weighted by atomic mass is 32.1. The van der Waals surface area contributed by atoms with Crippen molar-refractivity contribution >= 4 is 17.3 Å². The van der Waals surface area contributed by atoms with Gasteiger partial charge in [0.05, 0.1) is 11.3 Å². The molecule has 0 saturated heterocycles. The van der Waals surface area contributed by atoms with Crippen molar-refractivity contribution in [2.45, 2.75) is 6.61 Å². The number of ether oxygens (including phenoxy) is 1. The zero-order valence-electron chi connectivity index (χ0n) is 12.1. The summed E-state index contributed by atoms with van der Waals surface area (Å²) in [4.78, 5) is 16.1. The maximum atomic E-state index is 13.5. The average Bonchev–Trinajstić information content (AvgIpc) is 3.02. The van der Waals surface area contributed by atoms with Crippen LogP contribution in [0.4, 0.5) is 13.2 Å². The van der Waals surface area contributed by atoms with Crippen LogP contribution in [0.5, 0.6) is 0 Å². The van der Waals surface area contributed by atoms with E-state index in [0.29, 0.717) is 16.8 Å². The fourth-order valence-electron chi connectivity index (χ4n) is 1.97. The molecule has 0 spiro atoms. The molecular weight excluding hydrogens is 339 g/mol. The van der Waals surface area contributed by atoms with Crippen LogP contribution in [0.25, 0.3) is 10.6 Å². The maximum Gasteiger partial charge on any atom is 0.341 e. The molecule has 7 heteroatoms. The third-order valence-electron chi connectivity index (χ3n) is 3.15. The molecule has 0 aliphatic rings. The highest BCUT2D eigenvalue weighted by molar-refractivity contribution is 7.13. The first-order valence-electron chi connectivity index (χ1n) is 6.85. The Bertz CT molecular complexity index is 878. The number of benzene rings is 2. The summed E-state index contributed by atoms with van der Waals surface area (Å²) in [6, 6.07) is 8.47. The topological polar surface area (TPSA) is 39.2 Å². The van der Waals surface area contributed by atoms with E-state index in [0.717, 1.165) is 17.7 Å². The lowest BCUT2D eigenvalue weighted by atomic mass is 10.2. The SMILES string of the molecule is O=C(OCc1csc(-c2ccc(F)cc2)n1)c1ccc(F)cc1F. The fourth-order valence-corrected chi connectivity index (χ4v) is 2.78. The zero-order chi connectivity index (χ0) is 17.1. The van der Waals surface area contributed by atoms with Crippen molar-refractivity contribution in [3.8, 4) is 10.6 Å². The number of thiazole rings is 1. The first-order valence-corrected chi connectivity index (χ1v) is 7.73. The van der Waals surface area contributed by atoms with Gasteiger partial charge < -0.3 is 4.74 Å². The second-order valence-corrected chi connectivity index (χ2v) is 5.71. The van der Waals surface area contributed by atoms with E-state index in [1.165, 1.54) is 23.5 Å². The van der Waals surface area contributed by atoms with E-state index in [-0.39, 0.29) is 18.0 Å². The van der Waals surface area contributed by atoms with Gasteiger partial charge in [0.25, 0.3) is 0 Å². The number of halogens is 3. The minimum Gasteiger partial charge on any atom is -0.455 e. The standard InChI is InChI=1S/C17H10F3NO2S/c18-11-3-1-10(2-4-11)16-21-13(9-24-16)8-23-17(22)14-6-5-12(19)7-15(14)20/h1-7,9H,8H2. The van der Waals surface area contributed by atoms with Gasteiger partial charge in [0.1, 0.15) is 29.1 Å². The second-order valence-electron chi connectivity index (χ2n) is 4.85. The van der Waals surface area contributed by atoms with Gasteiger partial charge in [-0.1, -0.05) is 0 Å². The first-order chi connectivity index (χ1) is 11.5. The Morgan fingerprint density at radius 1 is 1.04 bits per heavy atom. The van der Waals surface area contributed by atoms with Crippen LogP contribution >= 0.6 is 11.3 Å². The lowest BCUT2D eigenvalue weighted by Crippen LogP contribution is -2.08. The number of esters is 1. The third-order valence-corrected chi connectivity index (χ3v) is 4.09. The van der Waals surface area contributed by atoms with Crippen LogP contribution in [0.15, 0.2) is 47.8 Å². The van der Waals surface area contributed by atoms with Gasteiger partial charge in [-0.25, -0.2) is 22.9 Å². The van der Waals surface area contributed by atoms with Crippen molar-refractivity contribution in [1.29, 1.82) is 0 Å². The zero-order valence-corrected chi connectivity index (χ0v) is 12.9. The molecule has 2 aromatic carbocycles. The van der Waals surface area contributed by atoms with Crippen molar-refractivity contribution in [2.24, 2.45) is 0 Å². The summed E-state index contributed by atoms with van der Waals surface area (Å²) in [5.74, 6) is -2.99. The lowest BCUT2D eigenvalue weighted by Gasteiger charge is -2.04. The molecule has 1 aromatic heterocycles. The van der Waals surface area contributed by atoms with Crippen LogP contribution in [0.2, 0.25) is 0 Å². The maximum absolute atomic E-state index is 13.5.